The predicted octanol–water partition coefficient (Wildman–Crippen LogP) is 1.87. The molecule has 1 rings (SSSR count). The van der Waals surface area contributed by atoms with Gasteiger partial charge in [0, 0.05) is 11.9 Å². The Kier molecular flexibility index (Phi) is 5.10. The third-order valence-electron chi connectivity index (χ3n) is 2.74. The molecule has 1 heterocycles. The standard InChI is InChI=1S/C12H21N3O2S/c1-12(2,10(16)17)9-8-18-11(14-9)13-6-5-7-15(3)4/h8H,5-7H2,1-4H3,(H,13,14)(H,16,17). The second-order valence-electron chi connectivity index (χ2n) is 5.05. The van der Waals surface area contributed by atoms with Crippen molar-refractivity contribution < 1.29 is 9.90 Å². The molecule has 0 radical (unpaired) electrons. The lowest BCUT2D eigenvalue weighted by atomic mass is 9.90. The van der Waals surface area contributed by atoms with Crippen LogP contribution in [0.5, 0.6) is 0 Å². The third-order valence-corrected chi connectivity index (χ3v) is 3.54. The van der Waals surface area contributed by atoms with Crippen LogP contribution in [0, 0.1) is 0 Å². The number of carboxylic acids is 1. The topological polar surface area (TPSA) is 65.5 Å². The minimum Gasteiger partial charge on any atom is -0.481 e. The van der Waals surface area contributed by atoms with Gasteiger partial charge in [0.25, 0.3) is 0 Å². The van der Waals surface area contributed by atoms with Gasteiger partial charge in [-0.15, -0.1) is 11.3 Å². The normalized spacial score (nSPS) is 11.8. The van der Waals surface area contributed by atoms with Crippen LogP contribution in [0.1, 0.15) is 26.0 Å². The molecule has 0 saturated carbocycles. The van der Waals surface area contributed by atoms with E-state index in [-0.39, 0.29) is 0 Å². The zero-order chi connectivity index (χ0) is 13.8. The number of hydrogen-bond donors (Lipinski definition) is 2. The second kappa shape index (κ2) is 6.15. The molecule has 0 saturated heterocycles. The molecule has 0 fully saturated rings. The van der Waals surface area contributed by atoms with Gasteiger partial charge in [0.05, 0.1) is 5.69 Å². The number of hydrogen-bond acceptors (Lipinski definition) is 5. The largest absolute Gasteiger partial charge is 0.481 e. The van der Waals surface area contributed by atoms with Crippen LogP contribution in [-0.4, -0.2) is 48.1 Å². The van der Waals surface area contributed by atoms with Gasteiger partial charge in [-0.2, -0.15) is 0 Å². The van der Waals surface area contributed by atoms with Crippen molar-refractivity contribution in [3.05, 3.63) is 11.1 Å². The molecule has 0 aliphatic heterocycles. The Hall–Kier alpha value is -1.14. The van der Waals surface area contributed by atoms with Crippen LogP contribution in [0.25, 0.3) is 0 Å². The monoisotopic (exact) mass is 271 g/mol. The molecule has 6 heteroatoms. The molecule has 0 amide bonds. The maximum absolute atomic E-state index is 11.1. The first-order valence-electron chi connectivity index (χ1n) is 5.92. The van der Waals surface area contributed by atoms with Crippen molar-refractivity contribution in [2.24, 2.45) is 0 Å². The second-order valence-corrected chi connectivity index (χ2v) is 5.91. The molecule has 0 spiro atoms. The van der Waals surface area contributed by atoms with Crippen LogP contribution >= 0.6 is 11.3 Å². The Morgan fingerprint density at radius 3 is 2.78 bits per heavy atom. The summed E-state index contributed by atoms with van der Waals surface area (Å²) in [5.41, 5.74) is -0.324. The van der Waals surface area contributed by atoms with E-state index >= 15 is 0 Å². The summed E-state index contributed by atoms with van der Waals surface area (Å²) in [5.74, 6) is -0.855. The van der Waals surface area contributed by atoms with Gasteiger partial charge >= 0.3 is 5.97 Å². The van der Waals surface area contributed by atoms with Crippen molar-refractivity contribution >= 4 is 22.4 Å². The van der Waals surface area contributed by atoms with Gasteiger partial charge in [-0.1, -0.05) is 0 Å². The smallest absolute Gasteiger partial charge is 0.315 e. The average molecular weight is 271 g/mol. The number of anilines is 1. The number of carbonyl (C=O) groups is 1. The van der Waals surface area contributed by atoms with Crippen LogP contribution in [0.3, 0.4) is 0 Å². The van der Waals surface area contributed by atoms with E-state index in [1.165, 1.54) is 11.3 Å². The number of rotatable bonds is 7. The van der Waals surface area contributed by atoms with Crippen LogP contribution in [-0.2, 0) is 10.2 Å². The number of aromatic nitrogens is 1. The zero-order valence-electron chi connectivity index (χ0n) is 11.4. The highest BCUT2D eigenvalue weighted by Gasteiger charge is 2.32. The zero-order valence-corrected chi connectivity index (χ0v) is 12.2. The Balaban J connectivity index is 2.51. The first-order valence-corrected chi connectivity index (χ1v) is 6.80. The van der Waals surface area contributed by atoms with Gasteiger partial charge in [-0.05, 0) is 40.9 Å². The van der Waals surface area contributed by atoms with Gasteiger partial charge in [-0.25, -0.2) is 4.98 Å². The molecule has 1 aromatic heterocycles. The van der Waals surface area contributed by atoms with Crippen LogP contribution < -0.4 is 5.32 Å². The number of aliphatic carboxylic acids is 1. The maximum Gasteiger partial charge on any atom is 0.315 e. The molecule has 1 aromatic rings. The summed E-state index contributed by atoms with van der Waals surface area (Å²) < 4.78 is 0. The molecule has 0 atom stereocenters. The van der Waals surface area contributed by atoms with Crippen molar-refractivity contribution in [3.63, 3.8) is 0 Å². The molecule has 0 aromatic carbocycles. The Labute approximate surface area is 112 Å². The van der Waals surface area contributed by atoms with Crippen molar-refractivity contribution in [1.82, 2.24) is 9.88 Å². The van der Waals surface area contributed by atoms with Crippen LogP contribution in [0.2, 0.25) is 0 Å². The fourth-order valence-electron chi connectivity index (χ4n) is 1.34. The third kappa shape index (κ3) is 3.96. The number of nitrogens with zero attached hydrogens (tertiary/aromatic N) is 2. The molecular formula is C12H21N3O2S. The molecule has 0 aliphatic rings. The maximum atomic E-state index is 11.1. The first kappa shape index (κ1) is 14.9. The van der Waals surface area contributed by atoms with Crippen molar-refractivity contribution in [2.75, 3.05) is 32.5 Å². The van der Waals surface area contributed by atoms with Gasteiger partial charge < -0.3 is 15.3 Å². The van der Waals surface area contributed by atoms with E-state index in [0.29, 0.717) is 5.69 Å². The molecule has 2 N–H and O–H groups in total. The first-order chi connectivity index (χ1) is 8.34. The fraction of sp³-hybridized carbons (Fsp3) is 0.667. The molecule has 0 unspecified atom stereocenters. The van der Waals surface area contributed by atoms with Crippen molar-refractivity contribution in [1.29, 1.82) is 0 Å². The van der Waals surface area contributed by atoms with Gasteiger partial charge in [0.1, 0.15) is 5.41 Å². The fourth-order valence-corrected chi connectivity index (χ4v) is 2.25. The summed E-state index contributed by atoms with van der Waals surface area (Å²) in [6.45, 7) is 5.20. The van der Waals surface area contributed by atoms with E-state index in [2.05, 4.69) is 15.2 Å². The number of carboxylic acid groups (broad SMARTS) is 1. The summed E-state index contributed by atoms with van der Waals surface area (Å²) in [4.78, 5) is 17.6. The molecule has 0 aliphatic carbocycles. The lowest BCUT2D eigenvalue weighted by Gasteiger charge is -2.15. The highest BCUT2D eigenvalue weighted by atomic mass is 32.1. The van der Waals surface area contributed by atoms with E-state index in [1.807, 2.05) is 19.5 Å². The summed E-state index contributed by atoms with van der Waals surface area (Å²) in [5, 5.41) is 14.9. The number of nitrogens with one attached hydrogen (secondary N) is 1. The highest BCUT2D eigenvalue weighted by molar-refractivity contribution is 7.13. The van der Waals surface area contributed by atoms with E-state index in [1.54, 1.807) is 13.8 Å². The molecular weight excluding hydrogens is 250 g/mol. The predicted molar refractivity (Wildman–Crippen MR) is 74.4 cm³/mol. The Morgan fingerprint density at radius 1 is 1.56 bits per heavy atom. The number of thiazole rings is 1. The molecule has 18 heavy (non-hydrogen) atoms. The van der Waals surface area contributed by atoms with Gasteiger partial charge in [0.2, 0.25) is 0 Å². The Morgan fingerprint density at radius 2 is 2.22 bits per heavy atom. The lowest BCUT2D eigenvalue weighted by Crippen LogP contribution is -2.28. The SMILES string of the molecule is CN(C)CCCNc1nc(C(C)(C)C(=O)O)cs1. The summed E-state index contributed by atoms with van der Waals surface area (Å²) in [6, 6.07) is 0. The van der Waals surface area contributed by atoms with E-state index in [4.69, 9.17) is 5.11 Å². The highest BCUT2D eigenvalue weighted by Crippen LogP contribution is 2.27. The molecule has 102 valence electrons. The summed E-state index contributed by atoms with van der Waals surface area (Å²) in [6.07, 6.45) is 1.03. The van der Waals surface area contributed by atoms with Gasteiger partial charge in [-0.3, -0.25) is 4.79 Å². The van der Waals surface area contributed by atoms with Gasteiger partial charge in [0.15, 0.2) is 5.13 Å². The minimum atomic E-state index is -0.930. The van der Waals surface area contributed by atoms with E-state index < -0.39 is 11.4 Å². The quantitative estimate of drug-likeness (QED) is 0.741. The lowest BCUT2D eigenvalue weighted by molar-refractivity contribution is -0.142. The summed E-state index contributed by atoms with van der Waals surface area (Å²) >= 11 is 1.45. The van der Waals surface area contributed by atoms with E-state index in [0.717, 1.165) is 24.6 Å². The molecule has 5 nitrogen and oxygen atoms in total. The summed E-state index contributed by atoms with van der Waals surface area (Å²) in [7, 11) is 4.08. The Bertz CT molecular complexity index is 402. The van der Waals surface area contributed by atoms with E-state index in [9.17, 15) is 4.79 Å². The average Bonchev–Trinajstić information content (AvgIpc) is 2.73. The minimum absolute atomic E-state index is 0.607. The molecule has 0 bridgehead atoms. The van der Waals surface area contributed by atoms with Crippen molar-refractivity contribution in [2.45, 2.75) is 25.7 Å². The van der Waals surface area contributed by atoms with Crippen LogP contribution in [0.15, 0.2) is 5.38 Å². The van der Waals surface area contributed by atoms with Crippen molar-refractivity contribution in [3.8, 4) is 0 Å². The van der Waals surface area contributed by atoms with Crippen LogP contribution in [0.4, 0.5) is 5.13 Å².